The molecule has 1 N–H and O–H groups in total. The maximum Gasteiger partial charge on any atom is 0.274 e. The van der Waals surface area contributed by atoms with E-state index < -0.39 is 0 Å². The van der Waals surface area contributed by atoms with Crippen LogP contribution < -0.4 is 10.1 Å². The zero-order valence-electron chi connectivity index (χ0n) is 19.1. The number of nitrogens with one attached hydrogen (secondary N) is 1. The molecular weight excluding hydrogens is 436 g/mol. The number of nitrogens with zero attached hydrogens (tertiary/aromatic N) is 7. The lowest BCUT2D eigenvalue weighted by Gasteiger charge is -2.20. The topological polar surface area (TPSA) is 112 Å². The van der Waals surface area contributed by atoms with Gasteiger partial charge >= 0.3 is 0 Å². The van der Waals surface area contributed by atoms with Crippen LogP contribution in [0.2, 0.25) is 0 Å². The summed E-state index contributed by atoms with van der Waals surface area (Å²) in [5.74, 6) is 0.812. The molecule has 3 aliphatic rings. The molecule has 3 aromatic rings. The van der Waals surface area contributed by atoms with E-state index in [1.54, 1.807) is 23.0 Å². The summed E-state index contributed by atoms with van der Waals surface area (Å²) in [7, 11) is 2.02. The van der Waals surface area contributed by atoms with E-state index in [9.17, 15) is 4.79 Å². The lowest BCUT2D eigenvalue weighted by Crippen LogP contribution is -2.44. The number of fused-ring (bicyclic) bond motifs is 4. The Morgan fingerprint density at radius 3 is 3.06 bits per heavy atom. The number of hydrogen-bond acceptors (Lipinski definition) is 8. The van der Waals surface area contributed by atoms with Gasteiger partial charge in [0.15, 0.2) is 11.4 Å². The number of aromatic nitrogens is 6. The molecule has 0 radical (unpaired) electrons. The van der Waals surface area contributed by atoms with Crippen LogP contribution in [0.5, 0.6) is 5.75 Å². The van der Waals surface area contributed by atoms with Crippen molar-refractivity contribution in [3.63, 3.8) is 0 Å². The van der Waals surface area contributed by atoms with E-state index in [4.69, 9.17) is 9.47 Å². The number of carbonyl (C=O) groups is 1. The second-order valence-corrected chi connectivity index (χ2v) is 9.25. The molecule has 1 saturated heterocycles. The molecule has 178 valence electrons. The lowest BCUT2D eigenvalue weighted by molar-refractivity contribution is 0.0292. The van der Waals surface area contributed by atoms with Crippen LogP contribution in [0.1, 0.15) is 46.2 Å². The van der Waals surface area contributed by atoms with Gasteiger partial charge in [0.2, 0.25) is 0 Å². The number of likely N-dealkylation sites (tertiary alicyclic amines) is 1. The summed E-state index contributed by atoms with van der Waals surface area (Å²) in [6.45, 7) is 3.34. The predicted molar refractivity (Wildman–Crippen MR) is 120 cm³/mol. The van der Waals surface area contributed by atoms with Crippen LogP contribution in [-0.4, -0.2) is 72.4 Å². The molecule has 2 atom stereocenters. The number of ether oxygens (including phenoxy) is 2. The van der Waals surface area contributed by atoms with Crippen molar-refractivity contribution in [2.45, 2.75) is 50.6 Å². The van der Waals surface area contributed by atoms with E-state index in [1.807, 2.05) is 24.1 Å². The molecule has 2 bridgehead atoms. The van der Waals surface area contributed by atoms with E-state index in [1.165, 1.54) is 24.1 Å². The second-order valence-electron chi connectivity index (χ2n) is 9.25. The van der Waals surface area contributed by atoms with Crippen LogP contribution in [0.25, 0.3) is 0 Å². The van der Waals surface area contributed by atoms with Gasteiger partial charge in [0.1, 0.15) is 12.3 Å². The Kier molecular flexibility index (Phi) is 5.50. The molecule has 0 unspecified atom stereocenters. The van der Waals surface area contributed by atoms with Gasteiger partial charge in [0.05, 0.1) is 37.7 Å². The molecular formula is C23H28N8O3. The van der Waals surface area contributed by atoms with Gasteiger partial charge in [-0.05, 0) is 25.0 Å². The van der Waals surface area contributed by atoms with Crippen LogP contribution in [0.4, 0.5) is 0 Å². The third-order valence-electron chi connectivity index (χ3n) is 6.68. The first-order valence-corrected chi connectivity index (χ1v) is 11.8. The van der Waals surface area contributed by atoms with Crippen molar-refractivity contribution >= 4 is 5.91 Å². The first-order valence-electron chi connectivity index (χ1n) is 11.8. The maximum atomic E-state index is 13.2. The zero-order chi connectivity index (χ0) is 23.1. The third kappa shape index (κ3) is 4.28. The fourth-order valence-electron chi connectivity index (χ4n) is 4.90. The molecule has 1 saturated carbocycles. The van der Waals surface area contributed by atoms with Crippen molar-refractivity contribution in [2.24, 2.45) is 7.05 Å². The van der Waals surface area contributed by atoms with E-state index in [0.29, 0.717) is 44.5 Å². The normalized spacial score (nSPS) is 23.5. The van der Waals surface area contributed by atoms with Crippen molar-refractivity contribution in [1.29, 1.82) is 0 Å². The second kappa shape index (κ2) is 8.80. The fraction of sp³-hybridized carbons (Fsp3) is 0.522. The highest BCUT2D eigenvalue weighted by molar-refractivity contribution is 5.95. The van der Waals surface area contributed by atoms with Gasteiger partial charge in [-0.2, -0.15) is 5.10 Å². The first kappa shape index (κ1) is 21.2. The summed E-state index contributed by atoms with van der Waals surface area (Å²) in [4.78, 5) is 19.8. The Morgan fingerprint density at radius 2 is 2.18 bits per heavy atom. The van der Waals surface area contributed by atoms with Gasteiger partial charge in [-0.1, -0.05) is 5.21 Å². The van der Waals surface area contributed by atoms with Crippen LogP contribution in [0.15, 0.2) is 30.7 Å². The third-order valence-corrected chi connectivity index (χ3v) is 6.68. The minimum Gasteiger partial charge on any atom is -0.489 e. The van der Waals surface area contributed by atoms with Crippen molar-refractivity contribution in [2.75, 3.05) is 19.7 Å². The van der Waals surface area contributed by atoms with Crippen molar-refractivity contribution in [1.82, 2.24) is 40.0 Å². The number of hydrogen-bond donors (Lipinski definition) is 1. The van der Waals surface area contributed by atoms with Crippen LogP contribution >= 0.6 is 0 Å². The number of aryl methyl sites for hydroxylation is 1. The highest BCUT2D eigenvalue weighted by Crippen LogP contribution is 2.41. The standard InChI is InChI=1S/C23H28N8O3/c1-29-22(15-4-5-15)16(9-25-29)10-30-12-18-20(13-30)34-14-17-11-31(28-27-17)7-8-33-19-3-2-6-24-21(19)23(32)26-18/h2-3,6,9,11,15,18,20H,4-5,7-8,10,12-14H2,1H3,(H,26,32)/t18-,20-/m0/s1. The molecule has 2 aliphatic heterocycles. The van der Waals surface area contributed by atoms with Gasteiger partial charge in [0, 0.05) is 50.1 Å². The van der Waals surface area contributed by atoms with Crippen LogP contribution in [-0.2, 0) is 31.5 Å². The summed E-state index contributed by atoms with van der Waals surface area (Å²) >= 11 is 0. The molecule has 5 heterocycles. The van der Waals surface area contributed by atoms with Gasteiger partial charge in [0.25, 0.3) is 5.91 Å². The summed E-state index contributed by atoms with van der Waals surface area (Å²) < 4.78 is 15.9. The average Bonchev–Trinajstić information content (AvgIpc) is 3.27. The van der Waals surface area contributed by atoms with Crippen LogP contribution in [0.3, 0.4) is 0 Å². The fourth-order valence-corrected chi connectivity index (χ4v) is 4.90. The molecule has 2 fully saturated rings. The summed E-state index contributed by atoms with van der Waals surface area (Å²) in [5.41, 5.74) is 3.62. The lowest BCUT2D eigenvalue weighted by atomic mass is 10.1. The van der Waals surface area contributed by atoms with Crippen molar-refractivity contribution in [3.8, 4) is 5.75 Å². The molecule has 1 aliphatic carbocycles. The van der Waals surface area contributed by atoms with Crippen molar-refractivity contribution in [3.05, 3.63) is 53.4 Å². The highest BCUT2D eigenvalue weighted by atomic mass is 16.5. The molecule has 3 aromatic heterocycles. The Morgan fingerprint density at radius 1 is 1.26 bits per heavy atom. The summed E-state index contributed by atoms with van der Waals surface area (Å²) in [5, 5.41) is 16.0. The molecule has 1 amide bonds. The van der Waals surface area contributed by atoms with E-state index in [2.05, 4.69) is 30.6 Å². The molecule has 0 aromatic carbocycles. The molecule has 11 nitrogen and oxygen atoms in total. The number of rotatable bonds is 3. The summed E-state index contributed by atoms with van der Waals surface area (Å²) in [6.07, 6.45) is 7.72. The largest absolute Gasteiger partial charge is 0.489 e. The maximum absolute atomic E-state index is 13.2. The zero-order valence-corrected chi connectivity index (χ0v) is 19.1. The first-order chi connectivity index (χ1) is 16.6. The minimum absolute atomic E-state index is 0.189. The SMILES string of the molecule is Cn1ncc(CN2C[C@@H]3NC(=O)c4ncccc4OCCn4cc(nn4)CO[C@H]3C2)c1C1CC1. The van der Waals surface area contributed by atoms with Gasteiger partial charge in [-0.25, -0.2) is 9.67 Å². The Bertz CT molecular complexity index is 1190. The van der Waals surface area contributed by atoms with Gasteiger partial charge < -0.3 is 14.8 Å². The molecule has 6 rings (SSSR count). The molecule has 0 spiro atoms. The molecule has 11 heteroatoms. The number of pyridine rings is 1. The van der Waals surface area contributed by atoms with Gasteiger partial charge in [-0.3, -0.25) is 14.4 Å². The average molecular weight is 465 g/mol. The van der Waals surface area contributed by atoms with Crippen molar-refractivity contribution < 1.29 is 14.3 Å². The van der Waals surface area contributed by atoms with E-state index in [0.717, 1.165) is 12.2 Å². The quantitative estimate of drug-likeness (QED) is 0.608. The van der Waals surface area contributed by atoms with E-state index >= 15 is 0 Å². The van der Waals surface area contributed by atoms with Crippen LogP contribution in [0, 0.1) is 0 Å². The van der Waals surface area contributed by atoms with Gasteiger partial charge in [-0.15, -0.1) is 5.10 Å². The number of carbonyl (C=O) groups excluding carboxylic acids is 1. The Labute approximate surface area is 197 Å². The Hall–Kier alpha value is -3.31. The monoisotopic (exact) mass is 464 g/mol. The summed E-state index contributed by atoms with van der Waals surface area (Å²) in [6, 6.07) is 3.33. The smallest absolute Gasteiger partial charge is 0.274 e. The van der Waals surface area contributed by atoms with E-state index in [-0.39, 0.29) is 23.7 Å². The minimum atomic E-state index is -0.259. The highest BCUT2D eigenvalue weighted by Gasteiger charge is 2.37. The Balaban J connectivity index is 1.24. The predicted octanol–water partition coefficient (Wildman–Crippen LogP) is 0.876. The number of amides is 1. The molecule has 34 heavy (non-hydrogen) atoms.